The maximum absolute atomic E-state index is 11.2. The summed E-state index contributed by atoms with van der Waals surface area (Å²) >= 11 is 0. The average molecular weight is 243 g/mol. The van der Waals surface area contributed by atoms with Crippen molar-refractivity contribution in [1.29, 1.82) is 0 Å². The third kappa shape index (κ3) is 2.83. The largest absolute Gasteiger partial charge is 0.758 e. The molecule has 92 valence electrons. The molecule has 0 aromatic heterocycles. The molecule has 1 aliphatic heterocycles. The molecule has 1 aliphatic rings. The number of hydrogen-bond donors (Lipinski definition) is 0. The van der Waals surface area contributed by atoms with Crippen molar-refractivity contribution in [3.05, 3.63) is 80.8 Å². The van der Waals surface area contributed by atoms with E-state index in [-0.39, 0.29) is 12.2 Å². The Bertz CT molecular complexity index is 532. The first-order valence-corrected chi connectivity index (χ1v) is 5.40. The van der Waals surface area contributed by atoms with Gasteiger partial charge in [-0.1, -0.05) is 36.4 Å². The third-order valence-corrected chi connectivity index (χ3v) is 2.50. The molecule has 0 saturated heterocycles. The highest BCUT2D eigenvalue weighted by Crippen LogP contribution is 2.19. The molecule has 1 heterocycles. The van der Waals surface area contributed by atoms with Gasteiger partial charge in [-0.2, -0.15) is 0 Å². The highest BCUT2D eigenvalue weighted by atomic mass is 16.6. The van der Waals surface area contributed by atoms with Crippen molar-refractivity contribution in [3.63, 3.8) is 0 Å². The van der Waals surface area contributed by atoms with E-state index in [2.05, 4.69) is 0 Å². The molecular formula is C13H11N2O3-. The van der Waals surface area contributed by atoms with Gasteiger partial charge >= 0.3 is 0 Å². The summed E-state index contributed by atoms with van der Waals surface area (Å²) < 4.78 is 0. The van der Waals surface area contributed by atoms with Gasteiger partial charge in [0, 0.05) is 18.8 Å². The Morgan fingerprint density at radius 1 is 1.22 bits per heavy atom. The molecule has 0 aliphatic carbocycles. The smallest absolute Gasteiger partial charge is 0.275 e. The van der Waals surface area contributed by atoms with Gasteiger partial charge in [0.15, 0.2) is 0 Å². The van der Waals surface area contributed by atoms with E-state index in [9.17, 15) is 15.3 Å². The molecule has 0 bridgehead atoms. The van der Waals surface area contributed by atoms with Gasteiger partial charge in [0.2, 0.25) is 0 Å². The second-order valence-electron chi connectivity index (χ2n) is 3.77. The summed E-state index contributed by atoms with van der Waals surface area (Å²) in [5.74, 6) is 0. The van der Waals surface area contributed by atoms with Gasteiger partial charge in [-0.15, -0.1) is 0 Å². The molecule has 2 rings (SSSR count). The second-order valence-corrected chi connectivity index (χ2v) is 3.77. The Balaban J connectivity index is 2.23. The zero-order valence-corrected chi connectivity index (χ0v) is 9.52. The summed E-state index contributed by atoms with van der Waals surface area (Å²) in [5.41, 5.74) is 1.20. The van der Waals surface area contributed by atoms with Crippen LogP contribution in [0.1, 0.15) is 5.56 Å². The highest BCUT2D eigenvalue weighted by molar-refractivity contribution is 5.55. The summed E-state index contributed by atoms with van der Waals surface area (Å²) in [6.07, 6.45) is 5.87. The van der Waals surface area contributed by atoms with Gasteiger partial charge in [-0.3, -0.25) is 10.1 Å². The molecule has 0 saturated carbocycles. The van der Waals surface area contributed by atoms with Crippen molar-refractivity contribution in [3.8, 4) is 0 Å². The number of hydrogen-bond acceptors (Lipinski definition) is 4. The van der Waals surface area contributed by atoms with Crippen LogP contribution in [0.2, 0.25) is 0 Å². The lowest BCUT2D eigenvalue weighted by Crippen LogP contribution is -2.17. The monoisotopic (exact) mass is 243 g/mol. The number of benzene rings is 1. The lowest BCUT2D eigenvalue weighted by atomic mass is 10.1. The van der Waals surface area contributed by atoms with E-state index in [0.717, 1.165) is 5.56 Å². The standard InChI is InChI=1S/C13H11N2O3/c16-14-9-8-13(15(17)18)12(10-14)7-6-11-4-2-1-3-5-11/h1-8,10H,9H2/q-1/b7-6+. The van der Waals surface area contributed by atoms with Crippen molar-refractivity contribution in [1.82, 2.24) is 5.06 Å². The third-order valence-electron chi connectivity index (χ3n) is 2.50. The van der Waals surface area contributed by atoms with Crippen LogP contribution < -0.4 is 0 Å². The summed E-state index contributed by atoms with van der Waals surface area (Å²) in [6, 6.07) is 9.39. The predicted octanol–water partition coefficient (Wildman–Crippen LogP) is 2.56. The van der Waals surface area contributed by atoms with Crippen LogP contribution in [0.5, 0.6) is 0 Å². The maximum Gasteiger partial charge on any atom is 0.275 e. The molecule has 0 fully saturated rings. The van der Waals surface area contributed by atoms with Gasteiger partial charge < -0.3 is 10.3 Å². The fraction of sp³-hybridized carbons (Fsp3) is 0.0769. The van der Waals surface area contributed by atoms with Gasteiger partial charge in [0.1, 0.15) is 0 Å². The number of allylic oxidation sites excluding steroid dienone is 1. The minimum Gasteiger partial charge on any atom is -0.758 e. The molecule has 1 aromatic carbocycles. The minimum absolute atomic E-state index is 0.0129. The molecular weight excluding hydrogens is 232 g/mol. The number of nitrogens with zero attached hydrogens (tertiary/aromatic N) is 2. The van der Waals surface area contributed by atoms with Crippen LogP contribution in [0.4, 0.5) is 0 Å². The van der Waals surface area contributed by atoms with E-state index in [1.165, 1.54) is 12.3 Å². The summed E-state index contributed by atoms with van der Waals surface area (Å²) in [6.45, 7) is 0.0129. The van der Waals surface area contributed by atoms with E-state index < -0.39 is 4.92 Å². The number of nitro groups is 1. The minimum atomic E-state index is -0.478. The number of rotatable bonds is 3. The Kier molecular flexibility index (Phi) is 3.54. The van der Waals surface area contributed by atoms with Crippen LogP contribution in [0, 0.1) is 15.3 Å². The maximum atomic E-state index is 11.2. The topological polar surface area (TPSA) is 69.4 Å². The Hall–Kier alpha value is -2.40. The Labute approximate surface area is 104 Å². The fourth-order valence-corrected chi connectivity index (χ4v) is 1.63. The van der Waals surface area contributed by atoms with Gasteiger partial charge in [0.25, 0.3) is 5.70 Å². The molecule has 0 N–H and O–H groups in total. The van der Waals surface area contributed by atoms with E-state index in [4.69, 9.17) is 0 Å². The zero-order chi connectivity index (χ0) is 13.0. The molecule has 5 nitrogen and oxygen atoms in total. The first kappa shape index (κ1) is 12.1. The molecule has 1 aromatic rings. The molecule has 0 amide bonds. The molecule has 18 heavy (non-hydrogen) atoms. The van der Waals surface area contributed by atoms with Crippen LogP contribution >= 0.6 is 0 Å². The average Bonchev–Trinajstić information content (AvgIpc) is 2.37. The van der Waals surface area contributed by atoms with Gasteiger partial charge in [-0.05, 0) is 11.6 Å². The van der Waals surface area contributed by atoms with Crippen molar-refractivity contribution in [2.45, 2.75) is 0 Å². The van der Waals surface area contributed by atoms with E-state index in [0.29, 0.717) is 10.6 Å². The fourth-order valence-electron chi connectivity index (χ4n) is 1.63. The molecule has 0 spiro atoms. The van der Waals surface area contributed by atoms with Crippen molar-refractivity contribution in [2.24, 2.45) is 0 Å². The SMILES string of the molecule is O=[N+]([O-])C1=CCN([O-])C=C1/C=C/c1ccccc1. The Morgan fingerprint density at radius 2 is 1.94 bits per heavy atom. The molecule has 5 heteroatoms. The van der Waals surface area contributed by atoms with Crippen molar-refractivity contribution >= 4 is 6.08 Å². The molecule has 0 radical (unpaired) electrons. The van der Waals surface area contributed by atoms with Crippen molar-refractivity contribution < 1.29 is 4.92 Å². The van der Waals surface area contributed by atoms with Crippen molar-refractivity contribution in [2.75, 3.05) is 6.54 Å². The van der Waals surface area contributed by atoms with Crippen LogP contribution in [0.15, 0.2) is 60.0 Å². The second kappa shape index (κ2) is 5.29. The lowest BCUT2D eigenvalue weighted by Gasteiger charge is -2.27. The molecule has 0 atom stereocenters. The zero-order valence-electron chi connectivity index (χ0n) is 9.52. The van der Waals surface area contributed by atoms with E-state index >= 15 is 0 Å². The normalized spacial score (nSPS) is 15.5. The first-order valence-electron chi connectivity index (χ1n) is 5.40. The van der Waals surface area contributed by atoms with E-state index in [1.807, 2.05) is 30.3 Å². The quantitative estimate of drug-likeness (QED) is 0.604. The first-order chi connectivity index (χ1) is 8.66. The van der Waals surface area contributed by atoms with Crippen LogP contribution in [-0.4, -0.2) is 16.5 Å². The highest BCUT2D eigenvalue weighted by Gasteiger charge is 2.17. The number of hydroxylamine groups is 2. The molecule has 0 unspecified atom stereocenters. The summed E-state index contributed by atoms with van der Waals surface area (Å²) in [7, 11) is 0. The van der Waals surface area contributed by atoms with Crippen LogP contribution in [0.3, 0.4) is 0 Å². The van der Waals surface area contributed by atoms with Gasteiger partial charge in [-0.25, -0.2) is 0 Å². The summed E-state index contributed by atoms with van der Waals surface area (Å²) in [5, 5.41) is 22.7. The van der Waals surface area contributed by atoms with Crippen LogP contribution in [0.25, 0.3) is 6.08 Å². The predicted molar refractivity (Wildman–Crippen MR) is 68.7 cm³/mol. The van der Waals surface area contributed by atoms with Crippen LogP contribution in [-0.2, 0) is 0 Å². The lowest BCUT2D eigenvalue weighted by molar-refractivity contribution is -0.421. The van der Waals surface area contributed by atoms with E-state index in [1.54, 1.807) is 12.2 Å². The summed E-state index contributed by atoms with van der Waals surface area (Å²) in [4.78, 5) is 10.3. The Morgan fingerprint density at radius 3 is 2.61 bits per heavy atom. The van der Waals surface area contributed by atoms with Gasteiger partial charge in [0.05, 0.1) is 10.5 Å².